The first kappa shape index (κ1) is 21.4. The Labute approximate surface area is 178 Å². The molecular formula is C24H29ClN2O2. The summed E-state index contributed by atoms with van der Waals surface area (Å²) in [6.07, 6.45) is 7.12. The van der Waals surface area contributed by atoms with Crippen molar-refractivity contribution in [3.05, 3.63) is 70.8 Å². The smallest absolute Gasteiger partial charge is 0.328 e. The maximum Gasteiger partial charge on any atom is 0.328 e. The van der Waals surface area contributed by atoms with Gasteiger partial charge in [-0.05, 0) is 68.1 Å². The van der Waals surface area contributed by atoms with Crippen molar-refractivity contribution in [3.63, 3.8) is 0 Å². The average molecular weight is 413 g/mol. The molecule has 0 atom stereocenters. The molecule has 0 aliphatic carbocycles. The van der Waals surface area contributed by atoms with Crippen LogP contribution in [0.15, 0.2) is 54.6 Å². The molecule has 3 rings (SSSR count). The van der Waals surface area contributed by atoms with Crippen LogP contribution >= 0.6 is 11.6 Å². The molecule has 0 fully saturated rings. The highest BCUT2D eigenvalue weighted by molar-refractivity contribution is 6.30. The molecule has 0 bridgehead atoms. The van der Waals surface area contributed by atoms with E-state index in [2.05, 4.69) is 53.1 Å². The second-order valence-corrected chi connectivity index (χ2v) is 7.83. The van der Waals surface area contributed by atoms with Gasteiger partial charge in [0.1, 0.15) is 0 Å². The highest BCUT2D eigenvalue weighted by Gasteiger charge is 2.20. The van der Waals surface area contributed by atoms with E-state index < -0.39 is 5.97 Å². The normalized spacial score (nSPS) is 13.4. The number of carboxylic acid groups (broad SMARTS) is 1. The van der Waals surface area contributed by atoms with E-state index in [0.29, 0.717) is 6.54 Å². The molecule has 0 saturated heterocycles. The molecule has 1 aliphatic heterocycles. The van der Waals surface area contributed by atoms with Crippen LogP contribution in [0.2, 0.25) is 5.02 Å². The minimum atomic E-state index is -0.891. The number of para-hydroxylation sites is 1. The van der Waals surface area contributed by atoms with Crippen molar-refractivity contribution in [3.8, 4) is 0 Å². The lowest BCUT2D eigenvalue weighted by atomic mass is 10.0. The van der Waals surface area contributed by atoms with E-state index in [1.54, 1.807) is 6.08 Å². The summed E-state index contributed by atoms with van der Waals surface area (Å²) >= 11 is 6.33. The van der Waals surface area contributed by atoms with Crippen LogP contribution in [0.4, 0.5) is 11.4 Å². The van der Waals surface area contributed by atoms with Gasteiger partial charge in [0, 0.05) is 35.6 Å². The highest BCUT2D eigenvalue weighted by Crippen LogP contribution is 2.37. The predicted molar refractivity (Wildman–Crippen MR) is 120 cm³/mol. The number of halogens is 1. The summed E-state index contributed by atoms with van der Waals surface area (Å²) in [4.78, 5) is 15.3. The Morgan fingerprint density at radius 2 is 1.90 bits per heavy atom. The summed E-state index contributed by atoms with van der Waals surface area (Å²) < 4.78 is 0. The molecule has 0 aromatic heterocycles. The van der Waals surface area contributed by atoms with Crippen LogP contribution in [0.3, 0.4) is 0 Å². The summed E-state index contributed by atoms with van der Waals surface area (Å²) in [6, 6.07) is 14.9. The highest BCUT2D eigenvalue weighted by atomic mass is 35.5. The van der Waals surface area contributed by atoms with E-state index in [0.717, 1.165) is 50.3 Å². The van der Waals surface area contributed by atoms with Gasteiger partial charge in [0.05, 0.1) is 0 Å². The van der Waals surface area contributed by atoms with Crippen molar-refractivity contribution in [1.29, 1.82) is 0 Å². The van der Waals surface area contributed by atoms with Gasteiger partial charge in [-0.1, -0.05) is 48.9 Å². The number of likely N-dealkylation sites (N-methyl/N-ethyl adjacent to an activating group) is 1. The molecule has 0 unspecified atom stereocenters. The summed E-state index contributed by atoms with van der Waals surface area (Å²) in [5.74, 6) is -0.891. The van der Waals surface area contributed by atoms with Gasteiger partial charge in [0.15, 0.2) is 0 Å². The molecule has 0 amide bonds. The zero-order valence-electron chi connectivity index (χ0n) is 17.0. The predicted octanol–water partition coefficient (Wildman–Crippen LogP) is 5.32. The van der Waals surface area contributed by atoms with E-state index in [-0.39, 0.29) is 0 Å². The quantitative estimate of drug-likeness (QED) is 0.447. The first-order chi connectivity index (χ1) is 14.1. The van der Waals surface area contributed by atoms with E-state index >= 15 is 0 Å². The lowest BCUT2D eigenvalue weighted by molar-refractivity contribution is -0.131. The zero-order chi connectivity index (χ0) is 20.6. The molecule has 0 saturated carbocycles. The summed E-state index contributed by atoms with van der Waals surface area (Å²) in [7, 11) is 0. The Kier molecular flexibility index (Phi) is 7.73. The number of aryl methyl sites for hydroxylation is 2. The number of aliphatic carboxylic acids is 1. The Morgan fingerprint density at radius 3 is 2.66 bits per heavy atom. The molecule has 4 nitrogen and oxygen atoms in total. The lowest BCUT2D eigenvalue weighted by Crippen LogP contribution is -2.26. The number of fused-ring (bicyclic) bond motifs is 2. The van der Waals surface area contributed by atoms with Gasteiger partial charge in [0.2, 0.25) is 0 Å². The third-order valence-electron chi connectivity index (χ3n) is 5.46. The number of benzene rings is 2. The molecule has 1 N–H and O–H groups in total. The molecule has 1 heterocycles. The number of carboxylic acids is 1. The van der Waals surface area contributed by atoms with Crippen LogP contribution in [-0.2, 0) is 17.6 Å². The summed E-state index contributed by atoms with van der Waals surface area (Å²) in [5, 5.41) is 9.51. The molecule has 1 aliphatic rings. The fourth-order valence-electron chi connectivity index (χ4n) is 3.91. The van der Waals surface area contributed by atoms with Crippen molar-refractivity contribution >= 4 is 28.9 Å². The van der Waals surface area contributed by atoms with Gasteiger partial charge >= 0.3 is 5.97 Å². The molecule has 29 heavy (non-hydrogen) atoms. The molecule has 2 aromatic rings. The van der Waals surface area contributed by atoms with Crippen LogP contribution < -0.4 is 4.90 Å². The lowest BCUT2D eigenvalue weighted by Gasteiger charge is -2.28. The summed E-state index contributed by atoms with van der Waals surface area (Å²) in [6.45, 7) is 5.59. The van der Waals surface area contributed by atoms with Crippen LogP contribution in [0, 0.1) is 0 Å². The van der Waals surface area contributed by atoms with Gasteiger partial charge in [0.25, 0.3) is 0 Å². The number of rotatable bonds is 9. The maximum absolute atomic E-state index is 10.6. The number of anilines is 2. The first-order valence-corrected chi connectivity index (χ1v) is 10.7. The van der Waals surface area contributed by atoms with Crippen LogP contribution in [0.1, 0.15) is 30.9 Å². The second kappa shape index (κ2) is 10.5. The molecule has 154 valence electrons. The largest absolute Gasteiger partial charge is 0.478 e. The average Bonchev–Trinajstić information content (AvgIpc) is 2.86. The fraction of sp³-hybridized carbons (Fsp3) is 0.375. The van der Waals surface area contributed by atoms with Crippen LogP contribution in [0.25, 0.3) is 0 Å². The second-order valence-electron chi connectivity index (χ2n) is 7.39. The van der Waals surface area contributed by atoms with Gasteiger partial charge in [-0.25, -0.2) is 4.79 Å². The minimum absolute atomic E-state index is 0.674. The molecule has 2 aromatic carbocycles. The Hall–Kier alpha value is -2.30. The van der Waals surface area contributed by atoms with Crippen molar-refractivity contribution in [1.82, 2.24) is 4.90 Å². The number of carbonyl (C=O) groups is 1. The Bertz CT molecular complexity index is 866. The first-order valence-electron chi connectivity index (χ1n) is 10.3. The van der Waals surface area contributed by atoms with E-state index in [1.807, 2.05) is 6.07 Å². The standard InChI is InChI=1S/C24H29ClN2O2/c1-2-26(16-7-10-24(28)29)15-5-6-17-27-22-9-4-3-8-19(22)11-12-20-13-14-21(25)18-23(20)27/h3-4,7-10,13-14,18H,2,5-6,11-12,15-17H2,1H3,(H,28,29)/b10-7+. The number of hydrogen-bond donors (Lipinski definition) is 1. The van der Waals surface area contributed by atoms with Crippen molar-refractivity contribution < 1.29 is 9.90 Å². The monoisotopic (exact) mass is 412 g/mol. The van der Waals surface area contributed by atoms with E-state index in [9.17, 15) is 4.79 Å². The SMILES string of the molecule is CCN(C/C=C/C(=O)O)CCCCN1c2ccccc2CCc2ccc(Cl)cc21. The number of nitrogens with zero attached hydrogens (tertiary/aromatic N) is 2. The van der Waals surface area contributed by atoms with E-state index in [1.165, 1.54) is 28.6 Å². The summed E-state index contributed by atoms with van der Waals surface area (Å²) in [5.41, 5.74) is 5.23. The van der Waals surface area contributed by atoms with Gasteiger partial charge in [-0.2, -0.15) is 0 Å². The molecule has 0 spiro atoms. The number of hydrogen-bond acceptors (Lipinski definition) is 3. The number of unbranched alkanes of at least 4 members (excludes halogenated alkanes) is 1. The third-order valence-corrected chi connectivity index (χ3v) is 5.70. The zero-order valence-corrected chi connectivity index (χ0v) is 17.7. The van der Waals surface area contributed by atoms with Gasteiger partial charge in [-0.15, -0.1) is 0 Å². The Morgan fingerprint density at radius 1 is 1.14 bits per heavy atom. The van der Waals surface area contributed by atoms with Crippen molar-refractivity contribution in [2.75, 3.05) is 31.1 Å². The van der Waals surface area contributed by atoms with Crippen LogP contribution in [-0.4, -0.2) is 42.2 Å². The molecular weight excluding hydrogens is 384 g/mol. The van der Waals surface area contributed by atoms with Crippen molar-refractivity contribution in [2.24, 2.45) is 0 Å². The Balaban J connectivity index is 1.67. The maximum atomic E-state index is 10.6. The third kappa shape index (κ3) is 5.84. The molecule has 5 heteroatoms. The van der Waals surface area contributed by atoms with Crippen LogP contribution in [0.5, 0.6) is 0 Å². The topological polar surface area (TPSA) is 43.8 Å². The fourth-order valence-corrected chi connectivity index (χ4v) is 4.08. The van der Waals surface area contributed by atoms with E-state index in [4.69, 9.17) is 16.7 Å². The molecule has 0 radical (unpaired) electrons. The van der Waals surface area contributed by atoms with Gasteiger partial charge < -0.3 is 10.0 Å². The van der Waals surface area contributed by atoms with Gasteiger partial charge in [-0.3, -0.25) is 4.90 Å². The van der Waals surface area contributed by atoms with Crippen molar-refractivity contribution in [2.45, 2.75) is 32.6 Å². The minimum Gasteiger partial charge on any atom is -0.478 e.